The van der Waals surface area contributed by atoms with Crippen molar-refractivity contribution >= 4 is 11.9 Å². The minimum absolute atomic E-state index is 0.0167. The van der Waals surface area contributed by atoms with Crippen LogP contribution in [0.15, 0.2) is 53.5 Å². The normalized spacial score (nSPS) is 11.0. The molecule has 2 N–H and O–H groups in total. The van der Waals surface area contributed by atoms with E-state index in [-0.39, 0.29) is 24.1 Å². The molecular weight excluding hydrogens is 387 g/mol. The highest BCUT2D eigenvalue weighted by Gasteiger charge is 2.08. The van der Waals surface area contributed by atoms with Crippen LogP contribution in [0.5, 0.6) is 11.5 Å². The fourth-order valence-corrected chi connectivity index (χ4v) is 2.67. The molecule has 0 fully saturated rings. The molecule has 2 aromatic carbocycles. The lowest BCUT2D eigenvalue weighted by atomic mass is 10.2. The standard InChI is InChI=1S/C22H29FN4O3/c1-4-25-21(28)16-30-18-9-7-8-17(14-18)15-26-22(24-2)27(3)12-13-29-20-11-6-5-10-19(20)23/h5-11,14H,4,12-13,15-16H2,1-3H3,(H,24,26)(H,25,28). The predicted molar refractivity (Wildman–Crippen MR) is 115 cm³/mol. The molecule has 2 aromatic rings. The van der Waals surface area contributed by atoms with E-state index in [1.165, 1.54) is 6.07 Å². The van der Waals surface area contributed by atoms with Gasteiger partial charge in [0.2, 0.25) is 0 Å². The van der Waals surface area contributed by atoms with Gasteiger partial charge in [-0.2, -0.15) is 0 Å². The molecule has 0 saturated heterocycles. The van der Waals surface area contributed by atoms with Gasteiger partial charge in [-0.05, 0) is 36.8 Å². The van der Waals surface area contributed by atoms with E-state index in [2.05, 4.69) is 15.6 Å². The summed E-state index contributed by atoms with van der Waals surface area (Å²) >= 11 is 0. The summed E-state index contributed by atoms with van der Waals surface area (Å²) in [6.07, 6.45) is 0. The van der Waals surface area contributed by atoms with Crippen LogP contribution < -0.4 is 20.1 Å². The monoisotopic (exact) mass is 416 g/mol. The highest BCUT2D eigenvalue weighted by atomic mass is 19.1. The third-order valence-electron chi connectivity index (χ3n) is 4.19. The van der Waals surface area contributed by atoms with Gasteiger partial charge in [-0.3, -0.25) is 9.79 Å². The minimum atomic E-state index is -0.378. The van der Waals surface area contributed by atoms with Gasteiger partial charge in [0.05, 0.1) is 6.54 Å². The first-order valence-electron chi connectivity index (χ1n) is 9.81. The second-order valence-electron chi connectivity index (χ2n) is 6.49. The van der Waals surface area contributed by atoms with Crippen molar-refractivity contribution in [1.29, 1.82) is 0 Å². The molecule has 30 heavy (non-hydrogen) atoms. The number of ether oxygens (including phenoxy) is 2. The Hall–Kier alpha value is -3.29. The summed E-state index contributed by atoms with van der Waals surface area (Å²) in [4.78, 5) is 17.7. The predicted octanol–water partition coefficient (Wildman–Crippen LogP) is 2.43. The number of aliphatic imine (C=N–C) groups is 1. The van der Waals surface area contributed by atoms with Crippen LogP contribution in [0.4, 0.5) is 4.39 Å². The smallest absolute Gasteiger partial charge is 0.257 e. The summed E-state index contributed by atoms with van der Waals surface area (Å²) in [6.45, 7) is 3.80. The number of hydrogen-bond acceptors (Lipinski definition) is 4. The van der Waals surface area contributed by atoms with Crippen molar-refractivity contribution in [3.8, 4) is 11.5 Å². The molecular formula is C22H29FN4O3. The third-order valence-corrected chi connectivity index (χ3v) is 4.19. The molecule has 0 heterocycles. The van der Waals surface area contributed by atoms with Crippen LogP contribution in [0.3, 0.4) is 0 Å². The highest BCUT2D eigenvalue weighted by Crippen LogP contribution is 2.15. The van der Waals surface area contributed by atoms with Crippen molar-refractivity contribution in [2.24, 2.45) is 4.99 Å². The Bertz CT molecular complexity index is 845. The first kappa shape index (κ1) is 23.0. The van der Waals surface area contributed by atoms with E-state index in [1.54, 1.807) is 25.2 Å². The topological polar surface area (TPSA) is 75.2 Å². The summed E-state index contributed by atoms with van der Waals surface area (Å²) in [6, 6.07) is 13.8. The van der Waals surface area contributed by atoms with Crippen molar-refractivity contribution in [2.75, 3.05) is 40.4 Å². The van der Waals surface area contributed by atoms with Crippen LogP contribution in [0.25, 0.3) is 0 Å². The first-order valence-corrected chi connectivity index (χ1v) is 9.81. The zero-order valence-corrected chi connectivity index (χ0v) is 17.7. The molecule has 0 aromatic heterocycles. The van der Waals surface area contributed by atoms with Gasteiger partial charge in [-0.25, -0.2) is 4.39 Å². The fraction of sp³-hybridized carbons (Fsp3) is 0.364. The molecule has 0 radical (unpaired) electrons. The second-order valence-corrected chi connectivity index (χ2v) is 6.49. The van der Waals surface area contributed by atoms with E-state index >= 15 is 0 Å². The van der Waals surface area contributed by atoms with E-state index in [1.807, 2.05) is 43.1 Å². The number of nitrogens with one attached hydrogen (secondary N) is 2. The van der Waals surface area contributed by atoms with Crippen molar-refractivity contribution in [2.45, 2.75) is 13.5 Å². The van der Waals surface area contributed by atoms with Gasteiger partial charge in [0.1, 0.15) is 12.4 Å². The quantitative estimate of drug-likeness (QED) is 0.460. The van der Waals surface area contributed by atoms with Gasteiger partial charge in [-0.15, -0.1) is 0 Å². The molecule has 8 heteroatoms. The van der Waals surface area contributed by atoms with Gasteiger partial charge in [0, 0.05) is 27.2 Å². The van der Waals surface area contributed by atoms with E-state index in [0.717, 1.165) is 5.56 Å². The van der Waals surface area contributed by atoms with Crippen LogP contribution in [0.1, 0.15) is 12.5 Å². The molecule has 0 saturated carbocycles. The van der Waals surface area contributed by atoms with E-state index in [0.29, 0.717) is 38.0 Å². The molecule has 0 bridgehead atoms. The number of nitrogens with zero attached hydrogens (tertiary/aromatic N) is 2. The minimum Gasteiger partial charge on any atom is -0.489 e. The van der Waals surface area contributed by atoms with E-state index in [9.17, 15) is 9.18 Å². The maximum atomic E-state index is 13.6. The van der Waals surface area contributed by atoms with Gasteiger partial charge in [0.15, 0.2) is 24.1 Å². The van der Waals surface area contributed by atoms with Crippen molar-refractivity contribution in [1.82, 2.24) is 15.5 Å². The summed E-state index contributed by atoms with van der Waals surface area (Å²) in [5, 5.41) is 5.96. The van der Waals surface area contributed by atoms with Crippen LogP contribution in [0.2, 0.25) is 0 Å². The highest BCUT2D eigenvalue weighted by molar-refractivity contribution is 5.79. The summed E-state index contributed by atoms with van der Waals surface area (Å²) in [5.74, 6) is 1.01. The van der Waals surface area contributed by atoms with E-state index in [4.69, 9.17) is 9.47 Å². The molecule has 0 unspecified atom stereocenters. The van der Waals surface area contributed by atoms with Crippen molar-refractivity contribution < 1.29 is 18.7 Å². The number of carbonyl (C=O) groups is 1. The van der Waals surface area contributed by atoms with Crippen molar-refractivity contribution in [3.63, 3.8) is 0 Å². The van der Waals surface area contributed by atoms with Gasteiger partial charge < -0.3 is 25.0 Å². The van der Waals surface area contributed by atoms with E-state index < -0.39 is 0 Å². The summed E-state index contributed by atoms with van der Waals surface area (Å²) in [5.41, 5.74) is 0.987. The van der Waals surface area contributed by atoms with Gasteiger partial charge in [0.25, 0.3) is 5.91 Å². The number of halogens is 1. The van der Waals surface area contributed by atoms with Gasteiger partial charge in [-0.1, -0.05) is 24.3 Å². The summed E-state index contributed by atoms with van der Waals surface area (Å²) in [7, 11) is 3.58. The molecule has 0 spiro atoms. The number of benzene rings is 2. The Morgan fingerprint density at radius 1 is 1.13 bits per heavy atom. The largest absolute Gasteiger partial charge is 0.489 e. The van der Waals surface area contributed by atoms with Crippen LogP contribution in [-0.2, 0) is 11.3 Å². The number of rotatable bonds is 10. The average molecular weight is 416 g/mol. The number of guanidine groups is 1. The molecule has 1 amide bonds. The Balaban J connectivity index is 1.80. The zero-order chi connectivity index (χ0) is 21.8. The number of para-hydroxylation sites is 1. The maximum absolute atomic E-state index is 13.6. The molecule has 7 nitrogen and oxygen atoms in total. The lowest BCUT2D eigenvalue weighted by Gasteiger charge is -2.22. The Kier molecular flexibility index (Phi) is 9.44. The molecule has 0 aliphatic rings. The van der Waals surface area contributed by atoms with Crippen LogP contribution in [-0.4, -0.2) is 57.2 Å². The molecule has 162 valence electrons. The van der Waals surface area contributed by atoms with Crippen molar-refractivity contribution in [3.05, 3.63) is 59.9 Å². The molecule has 0 aliphatic heterocycles. The SMILES string of the molecule is CCNC(=O)COc1cccc(CNC(=NC)N(C)CCOc2ccccc2F)c1. The Morgan fingerprint density at radius 2 is 1.93 bits per heavy atom. The van der Waals surface area contributed by atoms with Gasteiger partial charge >= 0.3 is 0 Å². The average Bonchev–Trinajstić information content (AvgIpc) is 2.74. The Labute approximate surface area is 176 Å². The lowest BCUT2D eigenvalue weighted by Crippen LogP contribution is -2.40. The molecule has 0 aliphatic carbocycles. The maximum Gasteiger partial charge on any atom is 0.257 e. The number of hydrogen-bond donors (Lipinski definition) is 2. The number of carbonyl (C=O) groups excluding carboxylic acids is 1. The number of amides is 1. The fourth-order valence-electron chi connectivity index (χ4n) is 2.67. The first-order chi connectivity index (χ1) is 14.5. The third kappa shape index (κ3) is 7.62. The Morgan fingerprint density at radius 3 is 2.67 bits per heavy atom. The zero-order valence-electron chi connectivity index (χ0n) is 17.7. The molecule has 2 rings (SSSR count). The van der Waals surface area contributed by atoms with Crippen LogP contribution in [0, 0.1) is 5.82 Å². The molecule has 0 atom stereocenters. The lowest BCUT2D eigenvalue weighted by molar-refractivity contribution is -0.122. The number of likely N-dealkylation sites (N-methyl/N-ethyl adjacent to an activating group) is 2. The second kappa shape index (κ2) is 12.3. The summed E-state index contributed by atoms with van der Waals surface area (Å²) < 4.78 is 24.6. The van der Waals surface area contributed by atoms with Crippen LogP contribution >= 0.6 is 0 Å².